The van der Waals surface area contributed by atoms with Crippen molar-refractivity contribution in [1.29, 1.82) is 0 Å². The number of hydrogen-bond donors (Lipinski definition) is 1. The second-order valence-corrected chi connectivity index (χ2v) is 7.30. The van der Waals surface area contributed by atoms with Gasteiger partial charge in [0.15, 0.2) is 15.6 Å². The highest BCUT2D eigenvalue weighted by Crippen LogP contribution is 2.29. The maximum atomic E-state index is 12.5. The molecular formula is C16H12BrN3O4S. The minimum Gasteiger partial charge on any atom is -0.472 e. The Bertz CT molecular complexity index is 931. The first-order valence-electron chi connectivity index (χ1n) is 7.47. The van der Waals surface area contributed by atoms with Crippen molar-refractivity contribution in [2.75, 3.05) is 11.9 Å². The molecule has 4 rings (SSSR count). The molecule has 2 amide bonds. The molecule has 1 N–H and O–H groups in total. The zero-order valence-electron chi connectivity index (χ0n) is 12.8. The summed E-state index contributed by atoms with van der Waals surface area (Å²) in [6.45, 7) is 1.01. The molecule has 0 aromatic carbocycles. The molecule has 0 unspecified atom stereocenters. The van der Waals surface area contributed by atoms with Crippen LogP contribution in [-0.2, 0) is 13.0 Å². The fourth-order valence-corrected chi connectivity index (χ4v) is 3.90. The number of carbonyl (C=O) groups is 2. The van der Waals surface area contributed by atoms with E-state index in [1.807, 2.05) is 0 Å². The predicted octanol–water partition coefficient (Wildman–Crippen LogP) is 3.54. The van der Waals surface area contributed by atoms with Crippen LogP contribution >= 0.6 is 27.3 Å². The second-order valence-electron chi connectivity index (χ2n) is 5.44. The van der Waals surface area contributed by atoms with Gasteiger partial charge >= 0.3 is 0 Å². The zero-order valence-corrected chi connectivity index (χ0v) is 15.2. The van der Waals surface area contributed by atoms with Crippen LogP contribution in [0.4, 0.5) is 5.13 Å². The van der Waals surface area contributed by atoms with E-state index in [1.165, 1.54) is 23.9 Å². The number of furan rings is 2. The van der Waals surface area contributed by atoms with Gasteiger partial charge < -0.3 is 13.7 Å². The van der Waals surface area contributed by atoms with Crippen LogP contribution in [-0.4, -0.2) is 28.2 Å². The van der Waals surface area contributed by atoms with Crippen molar-refractivity contribution in [3.05, 3.63) is 57.3 Å². The van der Waals surface area contributed by atoms with Crippen LogP contribution in [0.25, 0.3) is 0 Å². The molecule has 0 fully saturated rings. The summed E-state index contributed by atoms with van der Waals surface area (Å²) in [7, 11) is 0. The van der Waals surface area contributed by atoms with Crippen molar-refractivity contribution in [3.8, 4) is 0 Å². The summed E-state index contributed by atoms with van der Waals surface area (Å²) in [4.78, 5) is 31.7. The molecule has 3 aromatic heterocycles. The van der Waals surface area contributed by atoms with Crippen molar-refractivity contribution < 1.29 is 18.4 Å². The van der Waals surface area contributed by atoms with E-state index >= 15 is 0 Å². The largest absolute Gasteiger partial charge is 0.472 e. The third-order valence-electron chi connectivity index (χ3n) is 3.81. The van der Waals surface area contributed by atoms with Crippen molar-refractivity contribution in [3.63, 3.8) is 0 Å². The van der Waals surface area contributed by atoms with Crippen LogP contribution < -0.4 is 5.32 Å². The predicted molar refractivity (Wildman–Crippen MR) is 93.6 cm³/mol. The molecule has 4 heterocycles. The van der Waals surface area contributed by atoms with Crippen LogP contribution in [0.2, 0.25) is 0 Å². The molecule has 1 aliphatic rings. The highest BCUT2D eigenvalue weighted by molar-refractivity contribution is 9.10. The highest BCUT2D eigenvalue weighted by Gasteiger charge is 2.27. The Morgan fingerprint density at radius 2 is 2.20 bits per heavy atom. The fraction of sp³-hybridized carbons (Fsp3) is 0.188. The number of hydrogen-bond acceptors (Lipinski definition) is 6. The lowest BCUT2D eigenvalue weighted by molar-refractivity contribution is 0.0702. The number of fused-ring (bicyclic) bond motifs is 1. The minimum absolute atomic E-state index is 0.159. The van der Waals surface area contributed by atoms with E-state index in [0.717, 1.165) is 10.6 Å². The van der Waals surface area contributed by atoms with E-state index in [-0.39, 0.29) is 11.8 Å². The zero-order chi connectivity index (χ0) is 17.4. The molecule has 1 aliphatic heterocycles. The lowest BCUT2D eigenvalue weighted by Crippen LogP contribution is -2.35. The summed E-state index contributed by atoms with van der Waals surface area (Å²) in [5, 5.41) is 3.28. The molecule has 0 saturated heterocycles. The minimum atomic E-state index is -0.270. The number of thiazole rings is 1. The first-order valence-corrected chi connectivity index (χ1v) is 9.08. The third kappa shape index (κ3) is 3.24. The molecule has 0 spiro atoms. The molecule has 0 bridgehead atoms. The SMILES string of the molecule is O=C(Nc1nc2c(s1)CN(C(=O)c1ccc(Br)o1)CC2)c1ccoc1. The maximum absolute atomic E-state index is 12.5. The average Bonchev–Trinajstić information content (AvgIpc) is 3.33. The molecule has 0 saturated carbocycles. The molecule has 0 atom stereocenters. The highest BCUT2D eigenvalue weighted by atomic mass is 79.9. The van der Waals surface area contributed by atoms with E-state index in [2.05, 4.69) is 26.2 Å². The lowest BCUT2D eigenvalue weighted by atomic mass is 10.1. The van der Waals surface area contributed by atoms with Crippen LogP contribution in [0.15, 0.2) is 44.2 Å². The summed E-state index contributed by atoms with van der Waals surface area (Å²) in [6.07, 6.45) is 3.46. The van der Waals surface area contributed by atoms with Crippen molar-refractivity contribution >= 4 is 44.2 Å². The lowest BCUT2D eigenvalue weighted by Gasteiger charge is -2.25. The van der Waals surface area contributed by atoms with Crippen molar-refractivity contribution in [2.24, 2.45) is 0 Å². The first kappa shape index (κ1) is 16.1. The number of nitrogens with zero attached hydrogens (tertiary/aromatic N) is 2. The van der Waals surface area contributed by atoms with Gasteiger partial charge in [-0.05, 0) is 34.1 Å². The molecule has 25 heavy (non-hydrogen) atoms. The van der Waals surface area contributed by atoms with Gasteiger partial charge in [-0.15, -0.1) is 0 Å². The number of carbonyl (C=O) groups excluding carboxylic acids is 2. The van der Waals surface area contributed by atoms with Crippen molar-refractivity contribution in [1.82, 2.24) is 9.88 Å². The van der Waals surface area contributed by atoms with Gasteiger partial charge in [-0.2, -0.15) is 0 Å². The van der Waals surface area contributed by atoms with E-state index in [1.54, 1.807) is 23.1 Å². The smallest absolute Gasteiger partial charge is 0.289 e. The quantitative estimate of drug-likeness (QED) is 0.698. The van der Waals surface area contributed by atoms with Crippen LogP contribution in [0.5, 0.6) is 0 Å². The molecule has 0 aliphatic carbocycles. The Morgan fingerprint density at radius 1 is 1.32 bits per heavy atom. The number of aromatic nitrogens is 1. The molecule has 3 aromatic rings. The standard InChI is InChI=1S/C16H12BrN3O4S/c17-13-2-1-11(24-13)15(22)20-5-3-10-12(7-20)25-16(18-10)19-14(21)9-4-6-23-8-9/h1-2,4,6,8H,3,5,7H2,(H,18,19,21). The van der Waals surface area contributed by atoms with Gasteiger partial charge in [-0.1, -0.05) is 11.3 Å². The van der Waals surface area contributed by atoms with Crippen LogP contribution in [0.1, 0.15) is 31.5 Å². The number of halogens is 1. The Balaban J connectivity index is 1.47. The van der Waals surface area contributed by atoms with Gasteiger partial charge in [0, 0.05) is 17.8 Å². The molecule has 128 valence electrons. The van der Waals surface area contributed by atoms with Gasteiger partial charge in [0.05, 0.1) is 24.1 Å². The number of amides is 2. The van der Waals surface area contributed by atoms with Gasteiger partial charge in [-0.25, -0.2) is 4.98 Å². The summed E-state index contributed by atoms with van der Waals surface area (Å²) in [5.74, 6) is -0.129. The molecular weight excluding hydrogens is 410 g/mol. The fourth-order valence-electron chi connectivity index (χ4n) is 2.57. The van der Waals surface area contributed by atoms with E-state index in [9.17, 15) is 9.59 Å². The topological polar surface area (TPSA) is 88.6 Å². The van der Waals surface area contributed by atoms with E-state index < -0.39 is 0 Å². The molecule has 0 radical (unpaired) electrons. The Hall–Kier alpha value is -2.39. The maximum Gasteiger partial charge on any atom is 0.289 e. The average molecular weight is 422 g/mol. The van der Waals surface area contributed by atoms with Gasteiger partial charge in [0.2, 0.25) is 0 Å². The Morgan fingerprint density at radius 3 is 2.92 bits per heavy atom. The summed E-state index contributed by atoms with van der Waals surface area (Å²) >= 11 is 4.58. The molecule has 9 heteroatoms. The van der Waals surface area contributed by atoms with Gasteiger partial charge in [0.1, 0.15) is 6.26 Å². The molecule has 7 nitrogen and oxygen atoms in total. The van der Waals surface area contributed by atoms with E-state index in [0.29, 0.717) is 40.6 Å². The number of rotatable bonds is 3. The summed E-state index contributed by atoms with van der Waals surface area (Å²) in [5.41, 5.74) is 1.35. The summed E-state index contributed by atoms with van der Waals surface area (Å²) < 4.78 is 10.8. The Kier molecular flexibility index (Phi) is 4.18. The normalized spacial score (nSPS) is 13.6. The third-order valence-corrected chi connectivity index (χ3v) is 5.23. The van der Waals surface area contributed by atoms with Gasteiger partial charge in [0.25, 0.3) is 11.8 Å². The number of anilines is 1. The van der Waals surface area contributed by atoms with Gasteiger partial charge in [-0.3, -0.25) is 14.9 Å². The Labute approximate surface area is 154 Å². The monoisotopic (exact) mass is 421 g/mol. The van der Waals surface area contributed by atoms with Crippen molar-refractivity contribution in [2.45, 2.75) is 13.0 Å². The number of nitrogens with one attached hydrogen (secondary N) is 1. The second kappa shape index (κ2) is 6.49. The first-order chi connectivity index (χ1) is 12.1. The van der Waals surface area contributed by atoms with E-state index in [4.69, 9.17) is 8.83 Å². The van der Waals surface area contributed by atoms with Crippen LogP contribution in [0.3, 0.4) is 0 Å². The summed E-state index contributed by atoms with van der Waals surface area (Å²) in [6, 6.07) is 4.93. The van der Waals surface area contributed by atoms with Crippen LogP contribution in [0, 0.1) is 0 Å².